The van der Waals surface area contributed by atoms with Gasteiger partial charge in [-0.3, -0.25) is 0 Å². The third-order valence-corrected chi connectivity index (χ3v) is 2.88. The molecule has 0 fully saturated rings. The lowest BCUT2D eigenvalue weighted by Crippen LogP contribution is -2.09. The zero-order valence-electron chi connectivity index (χ0n) is 9.21. The van der Waals surface area contributed by atoms with Crippen LogP contribution in [0.5, 0.6) is 5.75 Å². The summed E-state index contributed by atoms with van der Waals surface area (Å²) in [5.74, 6) is 0.765. The van der Waals surface area contributed by atoms with E-state index in [-0.39, 0.29) is 6.61 Å². The highest BCUT2D eigenvalue weighted by atomic mass is 79.9. The average molecular weight is 293 g/mol. The van der Waals surface area contributed by atoms with Crippen molar-refractivity contribution in [2.75, 3.05) is 6.61 Å². The molecule has 2 aromatic carbocycles. The zero-order chi connectivity index (χ0) is 12.1. The lowest BCUT2D eigenvalue weighted by Gasteiger charge is -2.12. The van der Waals surface area contributed by atoms with Gasteiger partial charge in [0, 0.05) is 4.47 Å². The molecule has 0 saturated heterocycles. The Morgan fingerprint density at radius 2 is 1.82 bits per heavy atom. The SMILES string of the molecule is O[C@H](COc1ccccc1)c1cccc(Br)c1. The molecule has 0 unspecified atom stereocenters. The Bertz CT molecular complexity index is 471. The van der Waals surface area contributed by atoms with Crippen molar-refractivity contribution in [3.63, 3.8) is 0 Å². The van der Waals surface area contributed by atoms with Crippen molar-refractivity contribution in [3.05, 3.63) is 64.6 Å². The van der Waals surface area contributed by atoms with Crippen molar-refractivity contribution in [3.8, 4) is 5.75 Å². The van der Waals surface area contributed by atoms with Gasteiger partial charge < -0.3 is 9.84 Å². The molecule has 0 radical (unpaired) electrons. The van der Waals surface area contributed by atoms with Crippen LogP contribution in [0.15, 0.2) is 59.1 Å². The van der Waals surface area contributed by atoms with Crippen molar-refractivity contribution in [1.29, 1.82) is 0 Å². The molecule has 2 nitrogen and oxygen atoms in total. The van der Waals surface area contributed by atoms with Crippen LogP contribution in [0, 0.1) is 0 Å². The largest absolute Gasteiger partial charge is 0.491 e. The highest BCUT2D eigenvalue weighted by Gasteiger charge is 2.08. The van der Waals surface area contributed by atoms with Crippen LogP contribution in [-0.2, 0) is 0 Å². The van der Waals surface area contributed by atoms with Crippen LogP contribution in [0.2, 0.25) is 0 Å². The molecular formula is C14H13BrO2. The van der Waals surface area contributed by atoms with E-state index < -0.39 is 6.10 Å². The first-order valence-corrected chi connectivity index (χ1v) is 6.16. The first-order valence-electron chi connectivity index (χ1n) is 5.37. The van der Waals surface area contributed by atoms with Crippen LogP contribution >= 0.6 is 15.9 Å². The predicted molar refractivity (Wildman–Crippen MR) is 71.0 cm³/mol. The molecule has 0 heterocycles. The van der Waals surface area contributed by atoms with E-state index in [1.54, 1.807) is 0 Å². The maximum atomic E-state index is 9.96. The van der Waals surface area contributed by atoms with E-state index in [1.807, 2.05) is 54.6 Å². The molecule has 0 amide bonds. The number of ether oxygens (including phenoxy) is 1. The van der Waals surface area contributed by atoms with Crippen molar-refractivity contribution >= 4 is 15.9 Å². The van der Waals surface area contributed by atoms with Crippen LogP contribution in [0.1, 0.15) is 11.7 Å². The molecule has 2 aromatic rings. The Kier molecular flexibility index (Phi) is 4.18. The zero-order valence-corrected chi connectivity index (χ0v) is 10.8. The van der Waals surface area contributed by atoms with E-state index in [0.717, 1.165) is 15.8 Å². The number of halogens is 1. The van der Waals surface area contributed by atoms with Crippen LogP contribution < -0.4 is 4.74 Å². The molecule has 0 saturated carbocycles. The van der Waals surface area contributed by atoms with Crippen molar-refractivity contribution in [2.45, 2.75) is 6.10 Å². The summed E-state index contributed by atoms with van der Waals surface area (Å²) in [7, 11) is 0. The fraction of sp³-hybridized carbons (Fsp3) is 0.143. The lowest BCUT2D eigenvalue weighted by atomic mass is 10.1. The maximum Gasteiger partial charge on any atom is 0.119 e. The highest BCUT2D eigenvalue weighted by molar-refractivity contribution is 9.10. The number of aliphatic hydroxyl groups excluding tert-OH is 1. The van der Waals surface area contributed by atoms with Gasteiger partial charge in [-0.25, -0.2) is 0 Å². The van der Waals surface area contributed by atoms with Gasteiger partial charge in [-0.1, -0.05) is 46.3 Å². The summed E-state index contributed by atoms with van der Waals surface area (Å²) in [5, 5.41) is 9.96. The third kappa shape index (κ3) is 3.58. The smallest absolute Gasteiger partial charge is 0.119 e. The molecule has 0 aliphatic heterocycles. The van der Waals surface area contributed by atoms with Gasteiger partial charge in [0.15, 0.2) is 0 Å². The van der Waals surface area contributed by atoms with Gasteiger partial charge >= 0.3 is 0 Å². The third-order valence-electron chi connectivity index (χ3n) is 2.38. The molecule has 0 aliphatic rings. The first-order chi connectivity index (χ1) is 8.25. The molecule has 0 bridgehead atoms. The van der Waals surface area contributed by atoms with Gasteiger partial charge in [-0.15, -0.1) is 0 Å². The van der Waals surface area contributed by atoms with Gasteiger partial charge in [0.25, 0.3) is 0 Å². The number of benzene rings is 2. The molecule has 1 N–H and O–H groups in total. The second-order valence-corrected chi connectivity index (χ2v) is 4.61. The van der Waals surface area contributed by atoms with E-state index in [9.17, 15) is 5.11 Å². The summed E-state index contributed by atoms with van der Waals surface area (Å²) in [4.78, 5) is 0. The molecule has 0 aliphatic carbocycles. The fourth-order valence-corrected chi connectivity index (χ4v) is 1.92. The molecular weight excluding hydrogens is 280 g/mol. The Morgan fingerprint density at radius 3 is 2.53 bits per heavy atom. The average Bonchev–Trinajstić information content (AvgIpc) is 2.37. The molecule has 1 atom stereocenters. The van der Waals surface area contributed by atoms with Crippen molar-refractivity contribution in [2.24, 2.45) is 0 Å². The summed E-state index contributed by atoms with van der Waals surface area (Å²) < 4.78 is 6.45. The quantitative estimate of drug-likeness (QED) is 0.934. The molecule has 3 heteroatoms. The molecule has 17 heavy (non-hydrogen) atoms. The second kappa shape index (κ2) is 5.84. The highest BCUT2D eigenvalue weighted by Crippen LogP contribution is 2.19. The van der Waals surface area contributed by atoms with Gasteiger partial charge in [-0.05, 0) is 29.8 Å². The van der Waals surface area contributed by atoms with Crippen molar-refractivity contribution < 1.29 is 9.84 Å². The van der Waals surface area contributed by atoms with Crippen molar-refractivity contribution in [1.82, 2.24) is 0 Å². The molecule has 0 aromatic heterocycles. The summed E-state index contributed by atoms with van der Waals surface area (Å²) >= 11 is 3.37. The van der Waals surface area contributed by atoms with Gasteiger partial charge in [0.2, 0.25) is 0 Å². The van der Waals surface area contributed by atoms with Crippen LogP contribution in [-0.4, -0.2) is 11.7 Å². The summed E-state index contributed by atoms with van der Waals surface area (Å²) in [6, 6.07) is 17.1. The van der Waals surface area contributed by atoms with Crippen LogP contribution in [0.4, 0.5) is 0 Å². The topological polar surface area (TPSA) is 29.5 Å². The van der Waals surface area contributed by atoms with E-state index in [4.69, 9.17) is 4.74 Å². The van der Waals surface area contributed by atoms with E-state index in [2.05, 4.69) is 15.9 Å². The number of aliphatic hydroxyl groups is 1. The maximum absolute atomic E-state index is 9.96. The minimum Gasteiger partial charge on any atom is -0.491 e. The first kappa shape index (κ1) is 12.1. The number of hydrogen-bond acceptors (Lipinski definition) is 2. The Labute approximate surface area is 109 Å². The summed E-state index contributed by atoms with van der Waals surface area (Å²) in [5.41, 5.74) is 0.843. The number of para-hydroxylation sites is 1. The Balaban J connectivity index is 1.96. The minimum absolute atomic E-state index is 0.250. The fourth-order valence-electron chi connectivity index (χ4n) is 1.50. The summed E-state index contributed by atoms with van der Waals surface area (Å²) in [6.45, 7) is 0.250. The molecule has 88 valence electrons. The van der Waals surface area contributed by atoms with Crippen LogP contribution in [0.3, 0.4) is 0 Å². The lowest BCUT2D eigenvalue weighted by molar-refractivity contribution is 0.108. The number of rotatable bonds is 4. The standard InChI is InChI=1S/C14H13BrO2/c15-12-6-4-5-11(9-12)14(16)10-17-13-7-2-1-3-8-13/h1-9,14,16H,10H2/t14-/m1/s1. The van der Waals surface area contributed by atoms with Gasteiger partial charge in [0.05, 0.1) is 0 Å². The van der Waals surface area contributed by atoms with E-state index in [1.165, 1.54) is 0 Å². The van der Waals surface area contributed by atoms with E-state index in [0.29, 0.717) is 0 Å². The minimum atomic E-state index is -0.618. The summed E-state index contributed by atoms with van der Waals surface area (Å²) in [6.07, 6.45) is -0.618. The second-order valence-electron chi connectivity index (χ2n) is 3.69. The van der Waals surface area contributed by atoms with Crippen LogP contribution in [0.25, 0.3) is 0 Å². The Morgan fingerprint density at radius 1 is 1.06 bits per heavy atom. The Hall–Kier alpha value is -1.32. The van der Waals surface area contributed by atoms with E-state index >= 15 is 0 Å². The number of hydrogen-bond donors (Lipinski definition) is 1. The molecule has 0 spiro atoms. The van der Waals surface area contributed by atoms with Gasteiger partial charge in [0.1, 0.15) is 18.5 Å². The van der Waals surface area contributed by atoms with Gasteiger partial charge in [-0.2, -0.15) is 0 Å². The molecule has 2 rings (SSSR count). The monoisotopic (exact) mass is 292 g/mol. The predicted octanol–water partition coefficient (Wildman–Crippen LogP) is 3.56. The normalized spacial score (nSPS) is 12.1.